The molecule has 2 aliphatic rings. The summed E-state index contributed by atoms with van der Waals surface area (Å²) in [5, 5.41) is 2.96. The van der Waals surface area contributed by atoms with Gasteiger partial charge in [-0.1, -0.05) is 19.8 Å². The van der Waals surface area contributed by atoms with Crippen LogP contribution < -0.4 is 5.32 Å². The molecule has 2 fully saturated rings. The minimum atomic E-state index is 0.167. The Morgan fingerprint density at radius 3 is 2.64 bits per heavy atom. The van der Waals surface area contributed by atoms with E-state index in [4.69, 9.17) is 0 Å². The van der Waals surface area contributed by atoms with Crippen molar-refractivity contribution in [1.29, 1.82) is 0 Å². The highest BCUT2D eigenvalue weighted by atomic mass is 16.2. The molecular formula is C11H20N2O. The lowest BCUT2D eigenvalue weighted by Crippen LogP contribution is -2.57. The monoisotopic (exact) mass is 196 g/mol. The molecule has 80 valence electrons. The Bertz CT molecular complexity index is 221. The Kier molecular flexibility index (Phi) is 2.66. The highest BCUT2D eigenvalue weighted by Crippen LogP contribution is 2.38. The zero-order valence-electron chi connectivity index (χ0n) is 9.01. The average Bonchev–Trinajstić information content (AvgIpc) is 2.68. The summed E-state index contributed by atoms with van der Waals surface area (Å²) in [6.45, 7) is 4.03. The fourth-order valence-electron chi connectivity index (χ4n) is 2.93. The van der Waals surface area contributed by atoms with Crippen LogP contribution in [0, 0.1) is 0 Å². The molecule has 3 heteroatoms. The number of carbonyl (C=O) groups excluding carboxylic acids is 1. The Morgan fingerprint density at radius 2 is 2.07 bits per heavy atom. The molecule has 2 rings (SSSR count). The second-order valence-corrected chi connectivity index (χ2v) is 4.52. The van der Waals surface area contributed by atoms with Gasteiger partial charge in [0.25, 0.3) is 0 Å². The van der Waals surface area contributed by atoms with Gasteiger partial charge in [-0.2, -0.15) is 0 Å². The fourth-order valence-corrected chi connectivity index (χ4v) is 2.93. The molecule has 0 atom stereocenters. The summed E-state index contributed by atoms with van der Waals surface area (Å²) in [6, 6.07) is 0.167. The third-order valence-electron chi connectivity index (χ3n) is 3.84. The Morgan fingerprint density at radius 1 is 1.36 bits per heavy atom. The molecule has 0 spiro atoms. The van der Waals surface area contributed by atoms with E-state index in [0.717, 1.165) is 25.9 Å². The van der Waals surface area contributed by atoms with Gasteiger partial charge in [0.2, 0.25) is 0 Å². The van der Waals surface area contributed by atoms with E-state index in [2.05, 4.69) is 17.1 Å². The van der Waals surface area contributed by atoms with Crippen molar-refractivity contribution in [3.8, 4) is 0 Å². The first kappa shape index (κ1) is 9.81. The van der Waals surface area contributed by atoms with E-state index < -0.39 is 0 Å². The molecule has 1 N–H and O–H groups in total. The predicted molar refractivity (Wildman–Crippen MR) is 56.2 cm³/mol. The van der Waals surface area contributed by atoms with Crippen LogP contribution in [-0.2, 0) is 0 Å². The molecule has 0 bridgehead atoms. The van der Waals surface area contributed by atoms with E-state index in [0.29, 0.717) is 0 Å². The predicted octanol–water partition coefficient (Wildman–Crippen LogP) is 2.12. The van der Waals surface area contributed by atoms with E-state index in [1.165, 1.54) is 25.7 Å². The van der Waals surface area contributed by atoms with Gasteiger partial charge in [0.1, 0.15) is 0 Å². The number of amides is 2. The summed E-state index contributed by atoms with van der Waals surface area (Å²) in [7, 11) is 0. The Hall–Kier alpha value is -0.730. The molecule has 1 aliphatic heterocycles. The SMILES string of the molecule is CCC1(N2CCCNC2=O)CCCC1. The first-order chi connectivity index (χ1) is 6.78. The molecule has 1 saturated heterocycles. The van der Waals surface area contributed by atoms with Gasteiger partial charge in [-0.25, -0.2) is 4.79 Å². The van der Waals surface area contributed by atoms with Gasteiger partial charge in [-0.15, -0.1) is 0 Å². The molecule has 1 saturated carbocycles. The van der Waals surface area contributed by atoms with Crippen molar-refractivity contribution in [2.45, 2.75) is 51.0 Å². The van der Waals surface area contributed by atoms with Crippen LogP contribution in [-0.4, -0.2) is 29.6 Å². The van der Waals surface area contributed by atoms with Crippen molar-refractivity contribution in [1.82, 2.24) is 10.2 Å². The van der Waals surface area contributed by atoms with E-state index in [1.54, 1.807) is 0 Å². The van der Waals surface area contributed by atoms with Gasteiger partial charge in [0, 0.05) is 18.6 Å². The number of nitrogens with one attached hydrogen (secondary N) is 1. The van der Waals surface area contributed by atoms with Crippen molar-refractivity contribution in [2.75, 3.05) is 13.1 Å². The van der Waals surface area contributed by atoms with Crippen LogP contribution in [0.25, 0.3) is 0 Å². The number of hydrogen-bond donors (Lipinski definition) is 1. The fraction of sp³-hybridized carbons (Fsp3) is 0.909. The van der Waals surface area contributed by atoms with Crippen LogP contribution in [0.4, 0.5) is 4.79 Å². The van der Waals surface area contributed by atoms with Crippen LogP contribution >= 0.6 is 0 Å². The Balaban J connectivity index is 2.13. The molecule has 3 nitrogen and oxygen atoms in total. The number of nitrogens with zero attached hydrogens (tertiary/aromatic N) is 1. The zero-order valence-corrected chi connectivity index (χ0v) is 9.01. The first-order valence-electron chi connectivity index (χ1n) is 5.84. The van der Waals surface area contributed by atoms with Gasteiger partial charge in [0.05, 0.1) is 0 Å². The summed E-state index contributed by atoms with van der Waals surface area (Å²) in [6.07, 6.45) is 7.21. The third-order valence-corrected chi connectivity index (χ3v) is 3.84. The maximum Gasteiger partial charge on any atom is 0.317 e. The normalized spacial score (nSPS) is 26.4. The van der Waals surface area contributed by atoms with E-state index in [1.807, 2.05) is 0 Å². The zero-order chi connectivity index (χ0) is 10.0. The second kappa shape index (κ2) is 3.79. The lowest BCUT2D eigenvalue weighted by molar-refractivity contribution is 0.0987. The largest absolute Gasteiger partial charge is 0.338 e. The van der Waals surface area contributed by atoms with E-state index in [9.17, 15) is 4.79 Å². The topological polar surface area (TPSA) is 32.3 Å². The van der Waals surface area contributed by atoms with Crippen molar-refractivity contribution in [3.05, 3.63) is 0 Å². The first-order valence-corrected chi connectivity index (χ1v) is 5.84. The Labute approximate surface area is 85.8 Å². The standard InChI is InChI=1S/C11H20N2O/c1-2-11(6-3-4-7-11)13-9-5-8-12-10(13)14/h2-9H2,1H3,(H,12,14). The third kappa shape index (κ3) is 1.49. The van der Waals surface area contributed by atoms with Crippen LogP contribution in [0.1, 0.15) is 45.4 Å². The van der Waals surface area contributed by atoms with Crippen molar-refractivity contribution in [2.24, 2.45) is 0 Å². The van der Waals surface area contributed by atoms with Gasteiger partial charge in [-0.05, 0) is 25.7 Å². The second-order valence-electron chi connectivity index (χ2n) is 4.52. The number of hydrogen-bond acceptors (Lipinski definition) is 1. The van der Waals surface area contributed by atoms with Crippen LogP contribution in [0.5, 0.6) is 0 Å². The quantitative estimate of drug-likeness (QED) is 0.721. The van der Waals surface area contributed by atoms with Crippen molar-refractivity contribution in [3.63, 3.8) is 0 Å². The molecule has 0 aromatic heterocycles. The molecule has 0 radical (unpaired) electrons. The minimum Gasteiger partial charge on any atom is -0.338 e. The van der Waals surface area contributed by atoms with E-state index >= 15 is 0 Å². The molecule has 0 aromatic rings. The lowest BCUT2D eigenvalue weighted by atomic mass is 9.91. The molecule has 2 amide bonds. The smallest absolute Gasteiger partial charge is 0.317 e. The summed E-state index contributed by atoms with van der Waals surface area (Å²) < 4.78 is 0. The molecule has 1 heterocycles. The van der Waals surface area contributed by atoms with Crippen LogP contribution in [0.2, 0.25) is 0 Å². The van der Waals surface area contributed by atoms with Crippen molar-refractivity contribution < 1.29 is 4.79 Å². The number of carbonyl (C=O) groups is 1. The summed E-state index contributed by atoms with van der Waals surface area (Å²) in [4.78, 5) is 13.9. The maximum absolute atomic E-state index is 11.8. The maximum atomic E-state index is 11.8. The minimum absolute atomic E-state index is 0.167. The molecule has 0 aromatic carbocycles. The van der Waals surface area contributed by atoms with Crippen LogP contribution in [0.3, 0.4) is 0 Å². The number of urea groups is 1. The molecule has 0 unspecified atom stereocenters. The lowest BCUT2D eigenvalue weighted by Gasteiger charge is -2.43. The van der Waals surface area contributed by atoms with Gasteiger partial charge >= 0.3 is 6.03 Å². The highest BCUT2D eigenvalue weighted by Gasteiger charge is 2.41. The molecule has 14 heavy (non-hydrogen) atoms. The van der Waals surface area contributed by atoms with Gasteiger partial charge < -0.3 is 10.2 Å². The van der Waals surface area contributed by atoms with Crippen LogP contribution in [0.15, 0.2) is 0 Å². The molecular weight excluding hydrogens is 176 g/mol. The number of rotatable bonds is 2. The average molecular weight is 196 g/mol. The summed E-state index contributed by atoms with van der Waals surface area (Å²) in [5.41, 5.74) is 0.199. The molecule has 1 aliphatic carbocycles. The highest BCUT2D eigenvalue weighted by molar-refractivity contribution is 5.75. The summed E-state index contributed by atoms with van der Waals surface area (Å²) >= 11 is 0. The van der Waals surface area contributed by atoms with Gasteiger partial charge in [0.15, 0.2) is 0 Å². The van der Waals surface area contributed by atoms with E-state index in [-0.39, 0.29) is 11.6 Å². The van der Waals surface area contributed by atoms with Crippen molar-refractivity contribution >= 4 is 6.03 Å². The van der Waals surface area contributed by atoms with Gasteiger partial charge in [-0.3, -0.25) is 0 Å². The summed E-state index contributed by atoms with van der Waals surface area (Å²) in [5.74, 6) is 0.